The molecule has 1 atom stereocenters. The Morgan fingerprint density at radius 1 is 1.32 bits per heavy atom. The Morgan fingerprint density at radius 2 is 2.00 bits per heavy atom. The van der Waals surface area contributed by atoms with Gasteiger partial charge in [0, 0.05) is 37.6 Å². The van der Waals surface area contributed by atoms with Crippen LogP contribution in [-0.4, -0.2) is 42.0 Å². The summed E-state index contributed by atoms with van der Waals surface area (Å²) < 4.78 is 1.20. The van der Waals surface area contributed by atoms with Crippen molar-refractivity contribution in [2.75, 3.05) is 26.2 Å². The Hall–Kier alpha value is -0.410. The van der Waals surface area contributed by atoms with Crippen LogP contribution in [0.25, 0.3) is 0 Å². The van der Waals surface area contributed by atoms with Crippen LogP contribution in [0.5, 0.6) is 0 Å². The van der Waals surface area contributed by atoms with Crippen LogP contribution < -0.4 is 0 Å². The van der Waals surface area contributed by atoms with E-state index in [0.29, 0.717) is 5.92 Å². The van der Waals surface area contributed by atoms with Gasteiger partial charge >= 0.3 is 0 Å². The zero-order chi connectivity index (χ0) is 13.8. The van der Waals surface area contributed by atoms with E-state index in [4.69, 9.17) is 0 Å². The minimum atomic E-state index is 0.0676. The predicted octanol–water partition coefficient (Wildman–Crippen LogP) is 3.18. The number of halogens is 1. The van der Waals surface area contributed by atoms with Crippen molar-refractivity contribution in [3.63, 3.8) is 0 Å². The molecule has 1 fully saturated rings. The Kier molecular flexibility index (Phi) is 5.40. The van der Waals surface area contributed by atoms with Crippen molar-refractivity contribution in [1.29, 1.82) is 5.26 Å². The number of rotatable bonds is 4. The molecule has 1 aliphatic heterocycles. The van der Waals surface area contributed by atoms with Crippen molar-refractivity contribution >= 4 is 27.3 Å². The van der Waals surface area contributed by atoms with Gasteiger partial charge in [0.05, 0.1) is 9.86 Å². The summed E-state index contributed by atoms with van der Waals surface area (Å²) in [7, 11) is 0. The standard InChI is InChI=1S/C14H20BrN3S/c1-11(2)13(9-16)18-7-5-17(6-8-18)10-12-3-4-14(15)19-12/h3-4,11,13H,5-8,10H2,1-2H3/t13-/m1/s1. The summed E-state index contributed by atoms with van der Waals surface area (Å²) in [4.78, 5) is 6.20. The van der Waals surface area contributed by atoms with Crippen LogP contribution in [0.3, 0.4) is 0 Å². The van der Waals surface area contributed by atoms with Crippen molar-refractivity contribution in [3.8, 4) is 6.07 Å². The normalized spacial score (nSPS) is 19.5. The molecule has 0 aliphatic carbocycles. The Bertz CT molecular complexity index is 444. The van der Waals surface area contributed by atoms with E-state index in [1.807, 2.05) is 0 Å². The van der Waals surface area contributed by atoms with Crippen molar-refractivity contribution in [1.82, 2.24) is 9.80 Å². The zero-order valence-electron chi connectivity index (χ0n) is 11.5. The zero-order valence-corrected chi connectivity index (χ0v) is 13.9. The number of hydrogen-bond acceptors (Lipinski definition) is 4. The van der Waals surface area contributed by atoms with Crippen molar-refractivity contribution in [2.45, 2.75) is 26.4 Å². The molecule has 0 N–H and O–H groups in total. The second kappa shape index (κ2) is 6.85. The molecule has 0 saturated carbocycles. The molecule has 0 aromatic carbocycles. The van der Waals surface area contributed by atoms with Gasteiger partial charge in [-0.3, -0.25) is 9.80 Å². The molecular formula is C14H20BrN3S. The van der Waals surface area contributed by atoms with E-state index in [-0.39, 0.29) is 6.04 Å². The highest BCUT2D eigenvalue weighted by atomic mass is 79.9. The molecule has 5 heteroatoms. The fourth-order valence-corrected chi connectivity index (χ4v) is 4.03. The van der Waals surface area contributed by atoms with Crippen LogP contribution in [0.2, 0.25) is 0 Å². The van der Waals surface area contributed by atoms with Crippen LogP contribution in [0.15, 0.2) is 15.9 Å². The van der Waals surface area contributed by atoms with Crippen LogP contribution >= 0.6 is 27.3 Å². The molecule has 104 valence electrons. The summed E-state index contributed by atoms with van der Waals surface area (Å²) in [6.07, 6.45) is 0. The number of thiophene rings is 1. The van der Waals surface area contributed by atoms with Gasteiger partial charge in [0.1, 0.15) is 6.04 Å². The molecule has 3 nitrogen and oxygen atoms in total. The van der Waals surface area contributed by atoms with Gasteiger partial charge in [-0.05, 0) is 34.0 Å². The van der Waals surface area contributed by atoms with E-state index < -0.39 is 0 Å². The number of hydrogen-bond donors (Lipinski definition) is 0. The predicted molar refractivity (Wildman–Crippen MR) is 83.1 cm³/mol. The van der Waals surface area contributed by atoms with Crippen molar-refractivity contribution in [3.05, 3.63) is 20.8 Å². The second-order valence-corrected chi connectivity index (χ2v) is 7.88. The first-order valence-electron chi connectivity index (χ1n) is 6.70. The highest BCUT2D eigenvalue weighted by Gasteiger charge is 2.25. The van der Waals surface area contributed by atoms with E-state index >= 15 is 0 Å². The molecular weight excluding hydrogens is 322 g/mol. The molecule has 1 aromatic rings. The second-order valence-electron chi connectivity index (χ2n) is 5.34. The van der Waals surface area contributed by atoms with E-state index in [9.17, 15) is 5.26 Å². The highest BCUT2D eigenvalue weighted by Crippen LogP contribution is 2.24. The lowest BCUT2D eigenvalue weighted by Gasteiger charge is -2.37. The van der Waals surface area contributed by atoms with Gasteiger partial charge in [-0.25, -0.2) is 0 Å². The van der Waals surface area contributed by atoms with Gasteiger partial charge in [0.15, 0.2) is 0 Å². The van der Waals surface area contributed by atoms with Gasteiger partial charge in [-0.1, -0.05) is 13.8 Å². The largest absolute Gasteiger partial charge is 0.296 e. The van der Waals surface area contributed by atoms with E-state index in [1.165, 1.54) is 8.66 Å². The molecule has 2 heterocycles. The van der Waals surface area contributed by atoms with Gasteiger partial charge < -0.3 is 0 Å². The first kappa shape index (κ1) is 15.0. The van der Waals surface area contributed by atoms with E-state index in [2.05, 4.69) is 57.8 Å². The average molecular weight is 342 g/mol. The van der Waals surface area contributed by atoms with Gasteiger partial charge in [0.25, 0.3) is 0 Å². The van der Waals surface area contributed by atoms with Gasteiger partial charge in [-0.15, -0.1) is 11.3 Å². The average Bonchev–Trinajstić information content (AvgIpc) is 2.77. The monoisotopic (exact) mass is 341 g/mol. The summed E-state index contributed by atoms with van der Waals surface area (Å²) in [6, 6.07) is 6.81. The number of nitriles is 1. The smallest absolute Gasteiger partial charge is 0.100 e. The maximum absolute atomic E-state index is 9.24. The highest BCUT2D eigenvalue weighted by molar-refractivity contribution is 9.11. The molecule has 0 amide bonds. The fraction of sp³-hybridized carbons (Fsp3) is 0.643. The molecule has 19 heavy (non-hydrogen) atoms. The maximum Gasteiger partial charge on any atom is 0.100 e. The van der Waals surface area contributed by atoms with E-state index in [0.717, 1.165) is 32.7 Å². The summed E-state index contributed by atoms with van der Waals surface area (Å²) in [5.74, 6) is 0.407. The quantitative estimate of drug-likeness (QED) is 0.842. The summed E-state index contributed by atoms with van der Waals surface area (Å²) in [5, 5.41) is 9.24. The first-order chi connectivity index (χ1) is 9.10. The fourth-order valence-electron chi connectivity index (χ4n) is 2.51. The van der Waals surface area contributed by atoms with Gasteiger partial charge in [0.2, 0.25) is 0 Å². The lowest BCUT2D eigenvalue weighted by Crippen LogP contribution is -2.50. The van der Waals surface area contributed by atoms with Gasteiger partial charge in [-0.2, -0.15) is 5.26 Å². The number of piperazine rings is 1. The molecule has 0 bridgehead atoms. The molecule has 1 aliphatic rings. The molecule has 0 unspecified atom stereocenters. The summed E-state index contributed by atoms with van der Waals surface area (Å²) in [6.45, 7) is 9.41. The van der Waals surface area contributed by atoms with Crippen LogP contribution in [-0.2, 0) is 6.54 Å². The van der Waals surface area contributed by atoms with Crippen molar-refractivity contribution < 1.29 is 0 Å². The third kappa shape index (κ3) is 4.03. The minimum absolute atomic E-state index is 0.0676. The molecule has 1 aromatic heterocycles. The Labute approximate surface area is 127 Å². The van der Waals surface area contributed by atoms with E-state index in [1.54, 1.807) is 11.3 Å². The topological polar surface area (TPSA) is 30.3 Å². The third-order valence-corrected chi connectivity index (χ3v) is 5.18. The summed E-state index contributed by atoms with van der Waals surface area (Å²) >= 11 is 5.31. The lowest BCUT2D eigenvalue weighted by molar-refractivity contribution is 0.0947. The maximum atomic E-state index is 9.24. The molecule has 0 radical (unpaired) electrons. The molecule has 0 spiro atoms. The third-order valence-electron chi connectivity index (χ3n) is 3.57. The molecule has 1 saturated heterocycles. The van der Waals surface area contributed by atoms with Crippen LogP contribution in [0.4, 0.5) is 0 Å². The SMILES string of the molecule is CC(C)[C@@H](C#N)N1CCN(Cc2ccc(Br)s2)CC1. The van der Waals surface area contributed by atoms with Crippen LogP contribution in [0, 0.1) is 17.2 Å². The summed E-state index contributed by atoms with van der Waals surface area (Å²) in [5.41, 5.74) is 0. The Morgan fingerprint density at radius 3 is 2.47 bits per heavy atom. The first-order valence-corrected chi connectivity index (χ1v) is 8.31. The molecule has 2 rings (SSSR count). The van der Waals surface area contributed by atoms with Crippen LogP contribution in [0.1, 0.15) is 18.7 Å². The number of nitrogens with zero attached hydrogens (tertiary/aromatic N) is 3. The Balaban J connectivity index is 1.84. The lowest BCUT2D eigenvalue weighted by atomic mass is 10.0. The van der Waals surface area contributed by atoms with Crippen molar-refractivity contribution in [2.24, 2.45) is 5.92 Å². The minimum Gasteiger partial charge on any atom is -0.296 e.